The lowest BCUT2D eigenvalue weighted by Gasteiger charge is -2.05. The molecule has 1 aliphatic rings. The minimum absolute atomic E-state index is 0.240. The number of fused-ring (bicyclic) bond motifs is 3. The maximum Gasteiger partial charge on any atom is 0.258 e. The molecule has 0 bridgehead atoms. The van der Waals surface area contributed by atoms with Crippen LogP contribution in [0.25, 0.3) is 10.4 Å². The number of hydrogen-bond acceptors (Lipinski definition) is 2. The number of nitrogens with two attached hydrogens (primary N) is 1. The number of benzene rings is 1. The van der Waals surface area contributed by atoms with E-state index in [9.17, 15) is 9.18 Å². The Kier molecular flexibility index (Phi) is 2.67. The minimum Gasteiger partial charge on any atom is -0.365 e. The van der Waals surface area contributed by atoms with Crippen molar-refractivity contribution in [2.24, 2.45) is 5.73 Å². The summed E-state index contributed by atoms with van der Waals surface area (Å²) < 4.78 is 13.4. The summed E-state index contributed by atoms with van der Waals surface area (Å²) in [5.41, 5.74) is 8.48. The Hall–Kier alpha value is -1.68. The highest BCUT2D eigenvalue weighted by atomic mass is 32.1. The molecule has 3 rings (SSSR count). The monoisotopic (exact) mass is 261 g/mol. The highest BCUT2D eigenvalue weighted by Gasteiger charge is 2.19. The number of thiophene rings is 1. The smallest absolute Gasteiger partial charge is 0.258 e. The molecule has 0 aliphatic heterocycles. The lowest BCUT2D eigenvalue weighted by molar-refractivity contribution is 0.100. The van der Waals surface area contributed by atoms with Crippen LogP contribution in [0.2, 0.25) is 0 Å². The third-order valence-corrected chi connectivity index (χ3v) is 4.49. The van der Waals surface area contributed by atoms with Gasteiger partial charge in [-0.1, -0.05) is 6.07 Å². The maximum absolute atomic E-state index is 13.4. The van der Waals surface area contributed by atoms with E-state index >= 15 is 0 Å². The molecular formula is C14H12FNOS. The number of aryl methyl sites for hydroxylation is 2. The zero-order chi connectivity index (χ0) is 12.7. The maximum atomic E-state index is 13.4. The average Bonchev–Trinajstić information content (AvgIpc) is 2.68. The van der Waals surface area contributed by atoms with Crippen molar-refractivity contribution >= 4 is 17.2 Å². The number of rotatable bonds is 1. The van der Waals surface area contributed by atoms with Crippen molar-refractivity contribution in [1.29, 1.82) is 0 Å². The van der Waals surface area contributed by atoms with Crippen LogP contribution in [0.5, 0.6) is 0 Å². The molecule has 0 radical (unpaired) electrons. The van der Waals surface area contributed by atoms with Gasteiger partial charge in [0.15, 0.2) is 0 Å². The summed E-state index contributed by atoms with van der Waals surface area (Å²) in [4.78, 5) is 12.8. The van der Waals surface area contributed by atoms with Crippen LogP contribution in [0, 0.1) is 5.82 Å². The number of amides is 1. The predicted molar refractivity (Wildman–Crippen MR) is 70.3 cm³/mol. The summed E-state index contributed by atoms with van der Waals surface area (Å²) in [7, 11) is 0. The van der Waals surface area contributed by atoms with Gasteiger partial charge in [0.1, 0.15) is 5.82 Å². The molecule has 0 saturated carbocycles. The van der Waals surface area contributed by atoms with Crippen LogP contribution in [0.3, 0.4) is 0 Å². The standard InChI is InChI=1S/C14H12FNOS/c15-10-5-4-8-2-1-3-9-6-12(14(16)17)18-13(9)11(8)7-10/h4-7H,1-3H2,(H2,16,17). The van der Waals surface area contributed by atoms with Crippen molar-refractivity contribution in [2.75, 3.05) is 0 Å². The van der Waals surface area contributed by atoms with E-state index in [4.69, 9.17) is 5.73 Å². The molecule has 0 unspecified atom stereocenters. The van der Waals surface area contributed by atoms with Gasteiger partial charge in [0.2, 0.25) is 0 Å². The van der Waals surface area contributed by atoms with E-state index in [2.05, 4.69) is 0 Å². The first-order valence-corrected chi connectivity index (χ1v) is 6.68. The molecule has 2 aromatic rings. The van der Waals surface area contributed by atoms with Gasteiger partial charge >= 0.3 is 0 Å². The lowest BCUT2D eigenvalue weighted by atomic mass is 10.0. The van der Waals surface area contributed by atoms with Crippen molar-refractivity contribution < 1.29 is 9.18 Å². The third-order valence-electron chi connectivity index (χ3n) is 3.26. The molecule has 1 aliphatic carbocycles. The minimum atomic E-state index is -0.411. The summed E-state index contributed by atoms with van der Waals surface area (Å²) in [5, 5.41) is 0. The quantitative estimate of drug-likeness (QED) is 0.842. The predicted octanol–water partition coefficient (Wildman–Crippen LogP) is 3.14. The van der Waals surface area contributed by atoms with E-state index in [1.165, 1.54) is 17.4 Å². The second-order valence-electron chi connectivity index (χ2n) is 4.48. The van der Waals surface area contributed by atoms with Crippen LogP contribution in [-0.2, 0) is 12.8 Å². The second-order valence-corrected chi connectivity index (χ2v) is 5.54. The average molecular weight is 261 g/mol. The SMILES string of the molecule is NC(=O)c1cc2c(s1)-c1cc(F)ccc1CCC2. The Bertz CT molecular complexity index is 633. The number of halogens is 1. The van der Waals surface area contributed by atoms with Gasteiger partial charge in [-0.25, -0.2) is 4.39 Å². The molecule has 92 valence electrons. The lowest BCUT2D eigenvalue weighted by Crippen LogP contribution is -2.08. The Morgan fingerprint density at radius 3 is 2.78 bits per heavy atom. The molecular weight excluding hydrogens is 249 g/mol. The van der Waals surface area contributed by atoms with Crippen LogP contribution >= 0.6 is 11.3 Å². The van der Waals surface area contributed by atoms with Crippen molar-refractivity contribution in [2.45, 2.75) is 19.3 Å². The Balaban J connectivity index is 2.22. The molecule has 1 aromatic carbocycles. The Morgan fingerprint density at radius 2 is 2.00 bits per heavy atom. The van der Waals surface area contributed by atoms with Gasteiger partial charge in [0, 0.05) is 4.88 Å². The summed E-state index contributed by atoms with van der Waals surface area (Å²) >= 11 is 1.37. The highest BCUT2D eigenvalue weighted by molar-refractivity contribution is 7.17. The van der Waals surface area contributed by atoms with Crippen molar-refractivity contribution in [3.05, 3.63) is 46.1 Å². The topological polar surface area (TPSA) is 43.1 Å². The van der Waals surface area contributed by atoms with E-state index in [0.29, 0.717) is 4.88 Å². The molecule has 0 fully saturated rings. The molecule has 1 aromatic heterocycles. The number of carbonyl (C=O) groups is 1. The molecule has 2 N–H and O–H groups in total. The van der Waals surface area contributed by atoms with Gasteiger partial charge in [0.05, 0.1) is 4.88 Å². The zero-order valence-electron chi connectivity index (χ0n) is 9.70. The summed E-state index contributed by atoms with van der Waals surface area (Å²) in [6.07, 6.45) is 2.87. The molecule has 18 heavy (non-hydrogen) atoms. The van der Waals surface area contributed by atoms with Crippen LogP contribution in [-0.4, -0.2) is 5.91 Å². The van der Waals surface area contributed by atoms with Crippen molar-refractivity contribution in [3.8, 4) is 10.4 Å². The molecule has 4 heteroatoms. The first kappa shape index (κ1) is 11.4. The summed E-state index contributed by atoms with van der Waals surface area (Å²) in [6.45, 7) is 0. The van der Waals surface area contributed by atoms with Crippen LogP contribution in [0.4, 0.5) is 4.39 Å². The van der Waals surface area contributed by atoms with Crippen molar-refractivity contribution in [1.82, 2.24) is 0 Å². The number of carbonyl (C=O) groups excluding carboxylic acids is 1. The van der Waals surface area contributed by atoms with E-state index in [0.717, 1.165) is 40.8 Å². The molecule has 0 atom stereocenters. The first-order valence-electron chi connectivity index (χ1n) is 5.86. The number of hydrogen-bond donors (Lipinski definition) is 1. The largest absolute Gasteiger partial charge is 0.365 e. The van der Waals surface area contributed by atoms with E-state index in [-0.39, 0.29) is 5.82 Å². The Morgan fingerprint density at radius 1 is 1.22 bits per heavy atom. The summed E-state index contributed by atoms with van der Waals surface area (Å²) in [5.74, 6) is -0.651. The second kappa shape index (κ2) is 4.21. The van der Waals surface area contributed by atoms with E-state index < -0.39 is 5.91 Å². The fraction of sp³-hybridized carbons (Fsp3) is 0.214. The summed E-state index contributed by atoms with van der Waals surface area (Å²) in [6, 6.07) is 6.74. The van der Waals surface area contributed by atoms with Crippen molar-refractivity contribution in [3.63, 3.8) is 0 Å². The fourth-order valence-electron chi connectivity index (χ4n) is 2.41. The zero-order valence-corrected chi connectivity index (χ0v) is 10.5. The van der Waals surface area contributed by atoms with Gasteiger partial charge in [0.25, 0.3) is 5.91 Å². The van der Waals surface area contributed by atoms with Crippen LogP contribution < -0.4 is 5.73 Å². The molecule has 1 heterocycles. The van der Waals surface area contributed by atoms with Gasteiger partial charge in [-0.15, -0.1) is 11.3 Å². The number of primary amides is 1. The fourth-order valence-corrected chi connectivity index (χ4v) is 3.52. The van der Waals surface area contributed by atoms with Crippen LogP contribution in [0.15, 0.2) is 24.3 Å². The van der Waals surface area contributed by atoms with E-state index in [1.807, 2.05) is 12.1 Å². The molecule has 1 amide bonds. The normalized spacial score (nSPS) is 13.6. The third kappa shape index (κ3) is 1.82. The highest BCUT2D eigenvalue weighted by Crippen LogP contribution is 2.38. The van der Waals surface area contributed by atoms with E-state index in [1.54, 1.807) is 6.07 Å². The molecule has 0 saturated heterocycles. The van der Waals surface area contributed by atoms with Gasteiger partial charge in [-0.2, -0.15) is 0 Å². The van der Waals surface area contributed by atoms with Gasteiger partial charge < -0.3 is 5.73 Å². The van der Waals surface area contributed by atoms with Gasteiger partial charge in [-0.05, 0) is 54.2 Å². The molecule has 2 nitrogen and oxygen atoms in total. The Labute approximate surface area is 108 Å². The van der Waals surface area contributed by atoms with Crippen LogP contribution in [0.1, 0.15) is 27.2 Å². The van der Waals surface area contributed by atoms with Gasteiger partial charge in [-0.3, -0.25) is 4.79 Å². The molecule has 0 spiro atoms. The first-order chi connectivity index (χ1) is 8.65.